The van der Waals surface area contributed by atoms with E-state index in [9.17, 15) is 5.11 Å². The number of hydrogen-bond acceptors (Lipinski definition) is 2. The van der Waals surface area contributed by atoms with Gasteiger partial charge in [0.25, 0.3) is 0 Å². The predicted octanol–water partition coefficient (Wildman–Crippen LogP) is 1.41. The van der Waals surface area contributed by atoms with Crippen molar-refractivity contribution >= 4 is 0 Å². The van der Waals surface area contributed by atoms with Gasteiger partial charge in [0.2, 0.25) is 0 Å². The molecule has 1 fully saturated rings. The Bertz CT molecular complexity index is 292. The summed E-state index contributed by atoms with van der Waals surface area (Å²) in [7, 11) is 0. The number of pyridine rings is 1. The molecule has 1 aliphatic rings. The lowest BCUT2D eigenvalue weighted by Gasteiger charge is -2.11. The van der Waals surface area contributed by atoms with Crippen molar-refractivity contribution in [3.8, 4) is 0 Å². The molecule has 1 aromatic heterocycles. The maximum absolute atomic E-state index is 9.17. The van der Waals surface area contributed by atoms with Crippen LogP contribution in [0.25, 0.3) is 0 Å². The van der Waals surface area contributed by atoms with Gasteiger partial charge in [0.15, 0.2) is 0 Å². The minimum Gasteiger partial charge on any atom is -0.395 e. The number of aryl methyl sites for hydroxylation is 1. The summed E-state index contributed by atoms with van der Waals surface area (Å²) in [4.78, 5) is 4.13. The number of aromatic nitrogens is 1. The molecule has 2 rings (SSSR count). The Morgan fingerprint density at radius 1 is 1.50 bits per heavy atom. The zero-order valence-corrected chi connectivity index (χ0v) is 7.25. The summed E-state index contributed by atoms with van der Waals surface area (Å²) in [5.41, 5.74) is 2.44. The molecule has 0 aromatic carbocycles. The zero-order chi connectivity index (χ0) is 8.60. The van der Waals surface area contributed by atoms with E-state index in [4.69, 9.17) is 0 Å². The van der Waals surface area contributed by atoms with E-state index in [1.165, 1.54) is 11.1 Å². The van der Waals surface area contributed by atoms with Crippen LogP contribution in [-0.2, 0) is 5.41 Å². The van der Waals surface area contributed by atoms with E-state index < -0.39 is 0 Å². The fourth-order valence-electron chi connectivity index (χ4n) is 1.53. The number of aliphatic hydroxyl groups is 1. The third-order valence-corrected chi connectivity index (χ3v) is 2.64. The molecule has 1 heterocycles. The summed E-state index contributed by atoms with van der Waals surface area (Å²) in [6.07, 6.45) is 5.93. The lowest BCUT2D eigenvalue weighted by Crippen LogP contribution is -2.12. The van der Waals surface area contributed by atoms with Crippen LogP contribution in [0.4, 0.5) is 0 Å². The SMILES string of the molecule is Cc1cncc(C2(CO)CC2)c1. The molecule has 64 valence electrons. The Balaban J connectivity index is 2.34. The van der Waals surface area contributed by atoms with Crippen molar-refractivity contribution in [3.63, 3.8) is 0 Å². The molecular weight excluding hydrogens is 150 g/mol. The van der Waals surface area contributed by atoms with E-state index in [-0.39, 0.29) is 12.0 Å². The molecule has 1 N–H and O–H groups in total. The highest BCUT2D eigenvalue weighted by Crippen LogP contribution is 2.47. The smallest absolute Gasteiger partial charge is 0.0528 e. The second-order valence-corrected chi connectivity index (χ2v) is 3.69. The van der Waals surface area contributed by atoms with Gasteiger partial charge >= 0.3 is 0 Å². The third kappa shape index (κ3) is 1.12. The summed E-state index contributed by atoms with van der Waals surface area (Å²) in [6.45, 7) is 2.29. The highest BCUT2D eigenvalue weighted by Gasteiger charge is 2.43. The van der Waals surface area contributed by atoms with Gasteiger partial charge in [0.05, 0.1) is 6.61 Å². The van der Waals surface area contributed by atoms with E-state index in [0.29, 0.717) is 0 Å². The van der Waals surface area contributed by atoms with Crippen LogP contribution in [0.1, 0.15) is 24.0 Å². The monoisotopic (exact) mass is 163 g/mol. The molecule has 0 bridgehead atoms. The highest BCUT2D eigenvalue weighted by molar-refractivity contribution is 5.31. The van der Waals surface area contributed by atoms with Gasteiger partial charge < -0.3 is 5.11 Å². The van der Waals surface area contributed by atoms with Crippen molar-refractivity contribution in [2.24, 2.45) is 0 Å². The first-order valence-corrected chi connectivity index (χ1v) is 4.30. The molecule has 0 atom stereocenters. The first kappa shape index (κ1) is 7.74. The van der Waals surface area contributed by atoms with Crippen molar-refractivity contribution in [1.29, 1.82) is 0 Å². The maximum Gasteiger partial charge on any atom is 0.0528 e. The van der Waals surface area contributed by atoms with E-state index in [2.05, 4.69) is 11.1 Å². The molecule has 0 spiro atoms. The largest absolute Gasteiger partial charge is 0.395 e. The Morgan fingerprint density at radius 3 is 2.75 bits per heavy atom. The minimum atomic E-state index is 0.0685. The Hall–Kier alpha value is -0.890. The van der Waals surface area contributed by atoms with Gasteiger partial charge in [-0.3, -0.25) is 4.98 Å². The standard InChI is InChI=1S/C10H13NO/c1-8-4-9(6-11-5-8)10(7-12)2-3-10/h4-6,12H,2-3,7H2,1H3. The lowest BCUT2D eigenvalue weighted by atomic mass is 9.98. The summed E-state index contributed by atoms with van der Waals surface area (Å²) in [5.74, 6) is 0. The van der Waals surface area contributed by atoms with Crippen molar-refractivity contribution in [3.05, 3.63) is 29.6 Å². The van der Waals surface area contributed by atoms with E-state index >= 15 is 0 Å². The normalized spacial score (nSPS) is 19.2. The van der Waals surface area contributed by atoms with Crippen LogP contribution in [0.2, 0.25) is 0 Å². The Morgan fingerprint density at radius 2 is 2.25 bits per heavy atom. The zero-order valence-electron chi connectivity index (χ0n) is 7.25. The molecule has 0 saturated heterocycles. The fraction of sp³-hybridized carbons (Fsp3) is 0.500. The van der Waals surface area contributed by atoms with Crippen LogP contribution in [0.5, 0.6) is 0 Å². The average molecular weight is 163 g/mol. The second kappa shape index (κ2) is 2.56. The molecule has 0 radical (unpaired) electrons. The Labute approximate surface area is 72.3 Å². The van der Waals surface area contributed by atoms with Gasteiger partial charge in [-0.25, -0.2) is 0 Å². The molecule has 1 aromatic rings. The minimum absolute atomic E-state index is 0.0685. The van der Waals surface area contributed by atoms with Crippen LogP contribution >= 0.6 is 0 Å². The summed E-state index contributed by atoms with van der Waals surface area (Å²) >= 11 is 0. The third-order valence-electron chi connectivity index (χ3n) is 2.64. The first-order valence-electron chi connectivity index (χ1n) is 4.30. The van der Waals surface area contributed by atoms with Crippen LogP contribution in [0, 0.1) is 6.92 Å². The molecule has 12 heavy (non-hydrogen) atoms. The number of hydrogen-bond donors (Lipinski definition) is 1. The van der Waals surface area contributed by atoms with Gasteiger partial charge in [-0.1, -0.05) is 6.07 Å². The highest BCUT2D eigenvalue weighted by atomic mass is 16.3. The molecule has 0 unspecified atom stereocenters. The Kier molecular flexibility index (Phi) is 1.65. The van der Waals surface area contributed by atoms with E-state index in [1.54, 1.807) is 0 Å². The number of nitrogens with zero attached hydrogens (tertiary/aromatic N) is 1. The number of aliphatic hydroxyl groups excluding tert-OH is 1. The van der Waals surface area contributed by atoms with Gasteiger partial charge in [0.1, 0.15) is 0 Å². The summed E-state index contributed by atoms with van der Waals surface area (Å²) < 4.78 is 0. The lowest BCUT2D eigenvalue weighted by molar-refractivity contribution is 0.255. The second-order valence-electron chi connectivity index (χ2n) is 3.69. The predicted molar refractivity (Wildman–Crippen MR) is 47.0 cm³/mol. The van der Waals surface area contributed by atoms with E-state index in [1.807, 2.05) is 19.3 Å². The summed E-state index contributed by atoms with van der Waals surface area (Å²) in [5, 5.41) is 9.17. The molecule has 2 nitrogen and oxygen atoms in total. The van der Waals surface area contributed by atoms with Crippen LogP contribution in [0.3, 0.4) is 0 Å². The molecular formula is C10H13NO. The first-order chi connectivity index (χ1) is 5.77. The van der Waals surface area contributed by atoms with Crippen LogP contribution in [-0.4, -0.2) is 16.7 Å². The van der Waals surface area contributed by atoms with Crippen molar-refractivity contribution in [1.82, 2.24) is 4.98 Å². The molecule has 0 amide bonds. The van der Waals surface area contributed by atoms with E-state index in [0.717, 1.165) is 12.8 Å². The average Bonchev–Trinajstić information content (AvgIpc) is 2.84. The maximum atomic E-state index is 9.17. The van der Waals surface area contributed by atoms with Gasteiger partial charge in [-0.2, -0.15) is 0 Å². The topological polar surface area (TPSA) is 33.1 Å². The van der Waals surface area contributed by atoms with Crippen molar-refractivity contribution in [2.75, 3.05) is 6.61 Å². The molecule has 2 heteroatoms. The number of rotatable bonds is 2. The van der Waals surface area contributed by atoms with Crippen molar-refractivity contribution < 1.29 is 5.11 Å². The molecule has 1 aliphatic carbocycles. The summed E-state index contributed by atoms with van der Waals surface area (Å²) in [6, 6.07) is 2.12. The van der Waals surface area contributed by atoms with Gasteiger partial charge in [0, 0.05) is 17.8 Å². The van der Waals surface area contributed by atoms with Crippen molar-refractivity contribution in [2.45, 2.75) is 25.2 Å². The van der Waals surface area contributed by atoms with Gasteiger partial charge in [-0.15, -0.1) is 0 Å². The molecule has 0 aliphatic heterocycles. The van der Waals surface area contributed by atoms with Crippen LogP contribution < -0.4 is 0 Å². The van der Waals surface area contributed by atoms with Crippen LogP contribution in [0.15, 0.2) is 18.5 Å². The fourth-order valence-corrected chi connectivity index (χ4v) is 1.53. The van der Waals surface area contributed by atoms with Gasteiger partial charge in [-0.05, 0) is 30.9 Å². The molecule has 1 saturated carbocycles. The quantitative estimate of drug-likeness (QED) is 0.715.